The number of aliphatic hydroxyl groups excluding tert-OH is 2. The summed E-state index contributed by atoms with van der Waals surface area (Å²) in [6.45, 7) is 0.651. The summed E-state index contributed by atoms with van der Waals surface area (Å²) in [5, 5.41) is 54.5. The number of aromatic hydroxyl groups is 2. The van der Waals surface area contributed by atoms with Crippen molar-refractivity contribution in [3.05, 3.63) is 51.6 Å². The van der Waals surface area contributed by atoms with Crippen LogP contribution in [0.15, 0.2) is 18.2 Å². The second-order valence-corrected chi connectivity index (χ2v) is 11.0. The van der Waals surface area contributed by atoms with Crippen LogP contribution in [0, 0.1) is 0 Å². The number of nitrogens with zero attached hydrogens (tertiary/aromatic N) is 1. The fraction of sp³-hybridized carbons (Fsp3) is 0.483. The van der Waals surface area contributed by atoms with E-state index in [0.29, 0.717) is 0 Å². The number of hydrogen-bond donors (Lipinski definition) is 5. The zero-order valence-electron chi connectivity index (χ0n) is 23.1. The molecule has 0 saturated carbocycles. The summed E-state index contributed by atoms with van der Waals surface area (Å²) in [6, 6.07) is 4.02. The van der Waals surface area contributed by atoms with Crippen LogP contribution in [0.5, 0.6) is 17.2 Å². The number of hydrogen-bond acceptors (Lipinski definition) is 12. The average Bonchev–Trinajstić information content (AvgIpc) is 2.94. The van der Waals surface area contributed by atoms with Crippen molar-refractivity contribution in [2.24, 2.45) is 0 Å². The van der Waals surface area contributed by atoms with Gasteiger partial charge in [-0.2, -0.15) is 0 Å². The Bertz CT molecular complexity index is 1440. The Morgan fingerprint density at radius 2 is 1.80 bits per heavy atom. The molecule has 2 aromatic rings. The highest BCUT2D eigenvalue weighted by molar-refractivity contribution is 6.31. The van der Waals surface area contributed by atoms with E-state index in [1.807, 2.05) is 0 Å². The molecular weight excluding hydrogens is 538 g/mol. The van der Waals surface area contributed by atoms with Gasteiger partial charge in [0.2, 0.25) is 5.78 Å². The minimum atomic E-state index is -2.23. The van der Waals surface area contributed by atoms with Crippen molar-refractivity contribution in [2.75, 3.05) is 27.8 Å². The molecule has 12 nitrogen and oxygen atoms in total. The summed E-state index contributed by atoms with van der Waals surface area (Å²) >= 11 is 0. The smallest absolute Gasteiger partial charge is 0.202 e. The molecule has 0 bridgehead atoms. The van der Waals surface area contributed by atoms with Crippen LogP contribution < -0.4 is 4.74 Å². The molecule has 0 aromatic heterocycles. The molecule has 1 saturated heterocycles. The van der Waals surface area contributed by atoms with Gasteiger partial charge in [0.25, 0.3) is 0 Å². The lowest BCUT2D eigenvalue weighted by atomic mass is 9.72. The molecule has 5 N–H and O–H groups in total. The van der Waals surface area contributed by atoms with Crippen LogP contribution in [0.2, 0.25) is 0 Å². The van der Waals surface area contributed by atoms with Crippen molar-refractivity contribution in [3.8, 4) is 17.2 Å². The largest absolute Gasteiger partial charge is 0.507 e. The normalized spacial score (nSPS) is 29.1. The van der Waals surface area contributed by atoms with E-state index in [2.05, 4.69) is 0 Å². The van der Waals surface area contributed by atoms with Gasteiger partial charge in [-0.3, -0.25) is 14.4 Å². The Hall–Kier alpha value is -3.39. The summed E-state index contributed by atoms with van der Waals surface area (Å²) in [4.78, 5) is 41.8. The summed E-state index contributed by atoms with van der Waals surface area (Å²) < 4.78 is 17.3. The molecule has 0 amide bonds. The first-order valence-electron chi connectivity index (χ1n) is 13.2. The van der Waals surface area contributed by atoms with E-state index < -0.39 is 89.6 Å². The minimum absolute atomic E-state index is 0.0420. The fourth-order valence-electron chi connectivity index (χ4n) is 6.21. The number of benzene rings is 2. The van der Waals surface area contributed by atoms with E-state index in [4.69, 9.17) is 14.2 Å². The van der Waals surface area contributed by atoms with Gasteiger partial charge in [0, 0.05) is 42.0 Å². The van der Waals surface area contributed by atoms with Crippen molar-refractivity contribution in [3.63, 3.8) is 0 Å². The lowest BCUT2D eigenvalue weighted by Gasteiger charge is -2.44. The van der Waals surface area contributed by atoms with E-state index in [-0.39, 0.29) is 40.5 Å². The van der Waals surface area contributed by atoms with E-state index >= 15 is 0 Å². The highest BCUT2D eigenvalue weighted by atomic mass is 16.7. The molecule has 0 unspecified atom stereocenters. The van der Waals surface area contributed by atoms with Crippen LogP contribution in [-0.4, -0.2) is 106 Å². The second-order valence-electron chi connectivity index (χ2n) is 11.0. The molecule has 0 spiro atoms. The molecule has 1 fully saturated rings. The van der Waals surface area contributed by atoms with Crippen LogP contribution in [0.1, 0.15) is 68.8 Å². The number of rotatable bonds is 6. The highest BCUT2D eigenvalue weighted by Crippen LogP contribution is 2.52. The summed E-state index contributed by atoms with van der Waals surface area (Å²) in [7, 11) is 4.89. The number of Topliss-reactive ketones (excluding diaryl/α,β-unsaturated/α-hetero) is 1. The monoisotopic (exact) mass is 571 g/mol. The van der Waals surface area contributed by atoms with Crippen LogP contribution in [0.3, 0.4) is 0 Å². The number of carbonyl (C=O) groups is 3. The lowest BCUT2D eigenvalue weighted by molar-refractivity contribution is -0.256. The number of ketones is 3. The lowest BCUT2D eigenvalue weighted by Crippen LogP contribution is -2.54. The number of carbonyl (C=O) groups excluding carboxylic acids is 3. The zero-order chi connectivity index (χ0) is 30.0. The summed E-state index contributed by atoms with van der Waals surface area (Å²) in [6.07, 6.45) is -4.61. The van der Waals surface area contributed by atoms with Gasteiger partial charge in [-0.05, 0) is 27.1 Å². The number of phenols is 2. The van der Waals surface area contributed by atoms with Crippen molar-refractivity contribution >= 4 is 17.3 Å². The van der Waals surface area contributed by atoms with E-state index in [1.54, 1.807) is 25.9 Å². The molecule has 1 aliphatic heterocycles. The maximum Gasteiger partial charge on any atom is 0.202 e. The third-order valence-corrected chi connectivity index (χ3v) is 8.39. The summed E-state index contributed by atoms with van der Waals surface area (Å²) in [5.41, 5.74) is -3.51. The zero-order valence-corrected chi connectivity index (χ0v) is 23.1. The maximum absolute atomic E-state index is 13.7. The van der Waals surface area contributed by atoms with Gasteiger partial charge in [-0.1, -0.05) is 12.1 Å². The summed E-state index contributed by atoms with van der Waals surface area (Å²) in [5.74, 6) is -3.68. The molecule has 0 radical (unpaired) electrons. The molecule has 220 valence electrons. The third kappa shape index (κ3) is 4.51. The molecule has 41 heavy (non-hydrogen) atoms. The van der Waals surface area contributed by atoms with Crippen LogP contribution in [0.25, 0.3) is 0 Å². The topological polar surface area (TPSA) is 183 Å². The first-order chi connectivity index (χ1) is 19.3. The Morgan fingerprint density at radius 3 is 2.44 bits per heavy atom. The van der Waals surface area contributed by atoms with Gasteiger partial charge in [-0.15, -0.1) is 0 Å². The number of fused-ring (bicyclic) bond motifs is 3. The van der Waals surface area contributed by atoms with Gasteiger partial charge in [0.15, 0.2) is 17.9 Å². The highest BCUT2D eigenvalue weighted by Gasteiger charge is 2.50. The Balaban J connectivity index is 1.67. The quantitative estimate of drug-likeness (QED) is 0.260. The predicted molar refractivity (Wildman–Crippen MR) is 141 cm³/mol. The number of likely N-dealkylation sites (N-methyl/N-ethyl adjacent to an activating group) is 1. The van der Waals surface area contributed by atoms with Gasteiger partial charge >= 0.3 is 0 Å². The van der Waals surface area contributed by atoms with Crippen LogP contribution >= 0.6 is 0 Å². The fourth-order valence-corrected chi connectivity index (χ4v) is 6.21. The van der Waals surface area contributed by atoms with Crippen molar-refractivity contribution in [1.29, 1.82) is 0 Å². The molecular formula is C29H33NO11. The Labute approximate surface area is 235 Å². The molecule has 12 heteroatoms. The minimum Gasteiger partial charge on any atom is -0.507 e. The van der Waals surface area contributed by atoms with Crippen molar-refractivity contribution in [2.45, 2.75) is 62.4 Å². The van der Waals surface area contributed by atoms with Crippen LogP contribution in [0.4, 0.5) is 0 Å². The van der Waals surface area contributed by atoms with E-state index in [9.17, 15) is 39.9 Å². The second kappa shape index (κ2) is 10.5. The van der Waals surface area contributed by atoms with E-state index in [1.165, 1.54) is 25.3 Å². The molecule has 2 aromatic carbocycles. The third-order valence-electron chi connectivity index (χ3n) is 8.39. The van der Waals surface area contributed by atoms with E-state index in [0.717, 1.165) is 0 Å². The number of ether oxygens (including phenoxy) is 3. The number of phenolic OH excluding ortho intramolecular Hbond substituents is 2. The Morgan fingerprint density at radius 1 is 1.12 bits per heavy atom. The molecule has 6 atom stereocenters. The predicted octanol–water partition coefficient (Wildman–Crippen LogP) is 0.604. The van der Waals surface area contributed by atoms with Gasteiger partial charge in [0.1, 0.15) is 29.5 Å². The standard InChI is InChI=1S/C29H33NO11/c1-12-24(33)15(30(2)3)8-19(40-12)41-17-10-29(38,18(32)11-31)9-14-21(17)28(37)23-22(26(14)35)25(34)13-6-5-7-16(39-4)20(13)27(23)36/h5-7,12,15,17,19,24,31,33,35,37-38H,8-11H2,1-4H3/t12-,15-,17-,19-,24+,29-/m0/s1. The number of methoxy groups -OCH3 is 1. The molecule has 5 rings (SSSR count). The maximum atomic E-state index is 13.7. The average molecular weight is 572 g/mol. The van der Waals surface area contributed by atoms with Gasteiger partial charge in [0.05, 0.1) is 42.1 Å². The van der Waals surface area contributed by atoms with Gasteiger partial charge in [-0.25, -0.2) is 0 Å². The molecule has 3 aliphatic rings. The Kier molecular flexibility index (Phi) is 7.43. The first kappa shape index (κ1) is 29.1. The molecule has 2 aliphatic carbocycles. The SMILES string of the molecule is COc1cccc2c1C(=O)c1c(O)c3c(c(O)c1C2=O)C[C@@](O)(C(=O)CO)C[C@@H]3O[C@H]1C[C@H](N(C)C)[C@H](O)[C@H](C)O1. The van der Waals surface area contributed by atoms with Crippen LogP contribution in [-0.2, 0) is 20.7 Å². The van der Waals surface area contributed by atoms with Crippen molar-refractivity contribution in [1.82, 2.24) is 4.90 Å². The van der Waals surface area contributed by atoms with Gasteiger partial charge < -0.3 is 44.6 Å². The first-order valence-corrected chi connectivity index (χ1v) is 13.2. The van der Waals surface area contributed by atoms with Crippen molar-refractivity contribution < 1.29 is 54.1 Å². The molecule has 1 heterocycles. The number of aliphatic hydroxyl groups is 3.